The summed E-state index contributed by atoms with van der Waals surface area (Å²) in [6.45, 7) is -0.852. The summed E-state index contributed by atoms with van der Waals surface area (Å²) in [5.74, 6) is -13.0. The van der Waals surface area contributed by atoms with Crippen LogP contribution >= 0.6 is 0 Å². The number of aliphatic hydroxyl groups excluding tert-OH is 2. The molecule has 0 radical (unpaired) electrons. The fourth-order valence-electron chi connectivity index (χ4n) is 10.2. The molecule has 0 bridgehead atoms. The highest BCUT2D eigenvalue weighted by molar-refractivity contribution is 6.00. The number of primary amides is 1. The Balaban J connectivity index is 1.25. The number of hydrogen-bond donors (Lipinski definition) is 19. The minimum absolute atomic E-state index is 0.0363. The zero-order valence-electron chi connectivity index (χ0n) is 50.1. The quantitative estimate of drug-likeness (QED) is 0.0101. The zero-order valence-corrected chi connectivity index (χ0v) is 50.1. The number of aliphatic carboxylic acids is 2. The van der Waals surface area contributed by atoms with Gasteiger partial charge in [0.1, 0.15) is 54.4 Å². The van der Waals surface area contributed by atoms with Gasteiger partial charge in [-0.1, -0.05) is 36.4 Å². The molecule has 0 unspecified atom stereocenters. The van der Waals surface area contributed by atoms with Crippen molar-refractivity contribution in [3.63, 3.8) is 0 Å². The van der Waals surface area contributed by atoms with Crippen LogP contribution in [-0.4, -0.2) is 209 Å². The van der Waals surface area contributed by atoms with Gasteiger partial charge in [-0.3, -0.25) is 57.7 Å². The number of benzene rings is 2. The lowest BCUT2D eigenvalue weighted by Gasteiger charge is -2.29. The van der Waals surface area contributed by atoms with E-state index in [1.807, 2.05) is 0 Å². The van der Waals surface area contributed by atoms with E-state index in [4.69, 9.17) is 22.9 Å². The van der Waals surface area contributed by atoms with E-state index in [1.54, 1.807) is 54.7 Å². The number of H-pyrrole nitrogens is 3. The van der Waals surface area contributed by atoms with E-state index in [1.165, 1.54) is 25.6 Å². The normalized spacial score (nSPS) is 15.8. The number of nitrogens with zero attached hydrogens (tertiary/aromatic N) is 3. The number of nitrogens with one attached hydrogen (secondary N) is 11. The molecule has 4 heterocycles. The number of carboxylic acid groups (broad SMARTS) is 2. The maximum atomic E-state index is 14.6. The molecule has 2 aromatic carbocycles. The largest absolute Gasteiger partial charge is 0.481 e. The van der Waals surface area contributed by atoms with E-state index in [0.29, 0.717) is 45.0 Å². The molecule has 23 N–H and O–H groups in total. The lowest BCUT2D eigenvalue weighted by atomic mass is 10.0. The Bertz CT molecular complexity index is 3470. The van der Waals surface area contributed by atoms with Gasteiger partial charge in [0, 0.05) is 91.3 Å². The molecule has 1 saturated heterocycles. The van der Waals surface area contributed by atoms with E-state index in [9.17, 15) is 78.0 Å². The first-order valence-electron chi connectivity index (χ1n) is 29.4. The van der Waals surface area contributed by atoms with Crippen LogP contribution in [0, 0.1) is 0 Å². The number of likely N-dealkylation sites (tertiary alicyclic amines) is 1. The minimum atomic E-state index is -1.95. The highest BCUT2D eigenvalue weighted by Crippen LogP contribution is 2.23. The van der Waals surface area contributed by atoms with Crippen LogP contribution in [0.4, 0.5) is 0 Å². The smallest absolute Gasteiger partial charge is 0.326 e. The van der Waals surface area contributed by atoms with Gasteiger partial charge in [-0.25, -0.2) is 9.78 Å². The van der Waals surface area contributed by atoms with E-state index in [2.05, 4.69) is 67.5 Å². The molecule has 0 spiro atoms. The third kappa shape index (κ3) is 20.3. The van der Waals surface area contributed by atoms with Gasteiger partial charge in [0.05, 0.1) is 25.6 Å². The Kier molecular flexibility index (Phi) is 26.0. The van der Waals surface area contributed by atoms with Crippen LogP contribution in [-0.2, 0) is 76.8 Å². The number of carboxylic acids is 2. The van der Waals surface area contributed by atoms with Crippen molar-refractivity contribution in [2.45, 2.75) is 138 Å². The first kappa shape index (κ1) is 70.6. The molecule has 5 aromatic rings. The molecule has 92 heavy (non-hydrogen) atoms. The maximum Gasteiger partial charge on any atom is 0.326 e. The van der Waals surface area contributed by atoms with Gasteiger partial charge in [-0.05, 0) is 68.7 Å². The first-order valence-corrected chi connectivity index (χ1v) is 29.4. The van der Waals surface area contributed by atoms with Crippen molar-refractivity contribution in [3.8, 4) is 0 Å². The van der Waals surface area contributed by atoms with Gasteiger partial charge in [-0.15, -0.1) is 0 Å². The number of carbonyl (C=O) groups is 12. The van der Waals surface area contributed by atoms with Crippen molar-refractivity contribution in [1.29, 1.82) is 0 Å². The van der Waals surface area contributed by atoms with Crippen LogP contribution in [0.1, 0.15) is 75.1 Å². The van der Waals surface area contributed by atoms with E-state index in [0.717, 1.165) is 4.90 Å². The van der Waals surface area contributed by atoms with Gasteiger partial charge in [-0.2, -0.15) is 0 Å². The van der Waals surface area contributed by atoms with Gasteiger partial charge in [0.2, 0.25) is 59.1 Å². The Labute approximate surface area is 525 Å². The standard InChI is InChI=1S/C58H78N18O16/c1-29(59)48(82)68-38(14-16-46(60)79)50(84)69-37(12-6-18-64-58(61)62)49(83)71-40(20-30-23-65-35-10-4-2-8-33(30)35)52(86)74-43(26-77)54(88)70-39(15-17-47(80)81)51(85)72-41(21-31-24-66-36-11-5-3-9-34(31)36)53(87)75-44(27-78)55(89)73-42(22-32-25-63-28-67-32)56(90)76-19-7-13-45(76)57(91)92/h2-5,8-11,23-25,28-29,37-45,65-66,77-78H,6-7,12-22,26-27,59H2,1H3,(H2,60,79)(H,63,67)(H,68,82)(H,69,84)(H,70,88)(H,71,83)(H,72,85)(H,73,89)(H,74,86)(H,75,87)(H,80,81)(H,91,92)(H4,61,62,64)/t29-,37-,38-,39-,40-,41-,42-,43-,44-,45-/m0/s1. The summed E-state index contributed by atoms with van der Waals surface area (Å²) >= 11 is 0. The Morgan fingerprint density at radius 2 is 1.03 bits per heavy atom. The van der Waals surface area contributed by atoms with Crippen LogP contribution in [0.15, 0.2) is 78.4 Å². The second kappa shape index (κ2) is 33.9. The van der Waals surface area contributed by atoms with E-state index >= 15 is 0 Å². The third-order valence-electron chi connectivity index (χ3n) is 15.1. The topological polar surface area (TPSA) is 562 Å². The molecule has 1 aliphatic heterocycles. The van der Waals surface area contributed by atoms with Crippen molar-refractivity contribution in [1.82, 2.24) is 67.4 Å². The summed E-state index contributed by atoms with van der Waals surface area (Å²) in [6, 6.07) is -1.82. The van der Waals surface area contributed by atoms with Gasteiger partial charge >= 0.3 is 11.9 Å². The molecule has 34 nitrogen and oxygen atoms in total. The Hall–Kier alpha value is -10.5. The SMILES string of the molecule is C[C@H](N)C(=O)N[C@@H](CCC(N)=O)C(=O)N[C@@H](CCCN=C(N)N)C(=O)N[C@@H](Cc1c[nH]c2ccccc12)C(=O)N[C@@H](CO)C(=O)N[C@@H](CCC(=O)O)C(=O)N[C@@H](Cc1c[nH]c2ccccc12)C(=O)N[C@@H](CO)C(=O)N[C@@H](Cc1cnc[nH]1)C(=O)N1CCC[C@H]1C(=O)O. The average molecular weight is 1280 g/mol. The number of aliphatic imine (C=N–C) groups is 1. The second-order valence-electron chi connectivity index (χ2n) is 22.0. The summed E-state index contributed by atoms with van der Waals surface area (Å²) in [6.07, 6.45) is 3.24. The second-order valence-corrected chi connectivity index (χ2v) is 22.0. The predicted octanol–water partition coefficient (Wildman–Crippen LogP) is -5.13. The molecule has 34 heteroatoms. The number of para-hydroxylation sites is 2. The lowest BCUT2D eigenvalue weighted by molar-refractivity contribution is -0.149. The van der Waals surface area contributed by atoms with Crippen LogP contribution < -0.4 is 65.5 Å². The monoisotopic (exact) mass is 1280 g/mol. The number of hydrogen-bond acceptors (Lipinski definition) is 17. The minimum Gasteiger partial charge on any atom is -0.481 e. The molecular weight excluding hydrogens is 1200 g/mol. The first-order chi connectivity index (χ1) is 43.9. The number of aliphatic hydroxyl groups is 2. The maximum absolute atomic E-state index is 14.6. The molecule has 3 aromatic heterocycles. The van der Waals surface area contributed by atoms with Crippen LogP contribution in [0.25, 0.3) is 21.8 Å². The van der Waals surface area contributed by atoms with Crippen molar-refractivity contribution in [2.24, 2.45) is 27.9 Å². The van der Waals surface area contributed by atoms with Crippen molar-refractivity contribution < 1.29 is 78.0 Å². The van der Waals surface area contributed by atoms with Crippen LogP contribution in [0.5, 0.6) is 0 Å². The van der Waals surface area contributed by atoms with Crippen molar-refractivity contribution >= 4 is 98.8 Å². The van der Waals surface area contributed by atoms with Crippen molar-refractivity contribution in [3.05, 3.63) is 90.3 Å². The fraction of sp³-hybridized carbons (Fsp3) is 0.448. The number of amides is 10. The number of aromatic amines is 3. The van der Waals surface area contributed by atoms with E-state index in [-0.39, 0.29) is 70.4 Å². The molecule has 6 rings (SSSR count). The molecule has 0 aliphatic carbocycles. The summed E-state index contributed by atoms with van der Waals surface area (Å²) in [5.41, 5.74) is 24.6. The molecular formula is C58H78N18O16. The number of carbonyl (C=O) groups excluding carboxylic acids is 10. The molecule has 1 fully saturated rings. The number of rotatable bonds is 36. The van der Waals surface area contributed by atoms with Gasteiger partial charge in [0.15, 0.2) is 5.96 Å². The summed E-state index contributed by atoms with van der Waals surface area (Å²) in [5, 5.41) is 61.8. The number of imidazole rings is 1. The summed E-state index contributed by atoms with van der Waals surface area (Å²) in [7, 11) is 0. The van der Waals surface area contributed by atoms with Gasteiger partial charge in [0.25, 0.3) is 0 Å². The number of nitrogens with two attached hydrogens (primary N) is 4. The Morgan fingerprint density at radius 1 is 0.587 bits per heavy atom. The van der Waals surface area contributed by atoms with Crippen LogP contribution in [0.2, 0.25) is 0 Å². The number of fused-ring (bicyclic) bond motifs is 2. The fourth-order valence-corrected chi connectivity index (χ4v) is 10.2. The molecule has 10 amide bonds. The average Bonchev–Trinajstić information content (AvgIpc) is 1.66. The molecule has 10 atom stereocenters. The predicted molar refractivity (Wildman–Crippen MR) is 327 cm³/mol. The summed E-state index contributed by atoms with van der Waals surface area (Å²) in [4.78, 5) is 181. The third-order valence-corrected chi connectivity index (χ3v) is 15.1. The highest BCUT2D eigenvalue weighted by atomic mass is 16.4. The van der Waals surface area contributed by atoms with Crippen molar-refractivity contribution in [2.75, 3.05) is 26.3 Å². The molecule has 0 saturated carbocycles. The zero-order chi connectivity index (χ0) is 67.2. The van der Waals surface area contributed by atoms with Crippen LogP contribution in [0.3, 0.4) is 0 Å². The number of aromatic nitrogens is 4. The highest BCUT2D eigenvalue weighted by Gasteiger charge is 2.40. The molecule has 496 valence electrons. The summed E-state index contributed by atoms with van der Waals surface area (Å²) < 4.78 is 0. The van der Waals surface area contributed by atoms with E-state index < -0.39 is 157 Å². The number of guanidine groups is 1. The lowest BCUT2D eigenvalue weighted by Crippen LogP contribution is -2.61. The Morgan fingerprint density at radius 3 is 1.49 bits per heavy atom. The molecule has 1 aliphatic rings. The van der Waals surface area contributed by atoms with Gasteiger partial charge < -0.3 is 106 Å².